The number of rotatable bonds is 3. The van der Waals surface area contributed by atoms with E-state index in [2.05, 4.69) is 94.8 Å². The molecule has 0 saturated carbocycles. The third-order valence-electron chi connectivity index (χ3n) is 5.22. The molecule has 2 aromatic heterocycles. The molecule has 0 amide bonds. The summed E-state index contributed by atoms with van der Waals surface area (Å²) in [4.78, 5) is 10.8. The van der Waals surface area contributed by atoms with E-state index < -0.39 is 0 Å². The van der Waals surface area contributed by atoms with Gasteiger partial charge in [0.05, 0.1) is 10.2 Å². The van der Waals surface area contributed by atoms with E-state index in [1.54, 1.807) is 11.3 Å². The molecular weight excluding hydrogens is 374 g/mol. The first-order valence-electron chi connectivity index (χ1n) is 9.58. The second kappa shape index (κ2) is 6.47. The van der Waals surface area contributed by atoms with Crippen molar-refractivity contribution in [3.8, 4) is 0 Å². The number of thiazole rings is 1. The van der Waals surface area contributed by atoms with Gasteiger partial charge < -0.3 is 4.98 Å². The standard InChI is InChI=1S/C25H17N3S/c1-3-9-17(10-4-1)28(18-11-5-2-6-12-18)25-27-23-15-20-19-13-7-8-14-21(19)26-22(20)16-24(23)29-25/h1-16,26H. The monoisotopic (exact) mass is 391 g/mol. The molecule has 0 radical (unpaired) electrons. The lowest BCUT2D eigenvalue weighted by Gasteiger charge is -2.21. The summed E-state index contributed by atoms with van der Waals surface area (Å²) in [5.41, 5.74) is 5.55. The van der Waals surface area contributed by atoms with Gasteiger partial charge in [-0.1, -0.05) is 65.9 Å². The minimum Gasteiger partial charge on any atom is -0.354 e. The van der Waals surface area contributed by atoms with Crippen molar-refractivity contribution in [1.29, 1.82) is 0 Å². The Morgan fingerprint density at radius 1 is 0.655 bits per heavy atom. The fourth-order valence-corrected chi connectivity index (χ4v) is 4.91. The first-order valence-corrected chi connectivity index (χ1v) is 10.4. The first kappa shape index (κ1) is 16.3. The van der Waals surface area contributed by atoms with Crippen molar-refractivity contribution in [2.75, 3.05) is 4.90 Å². The van der Waals surface area contributed by atoms with E-state index in [4.69, 9.17) is 4.98 Å². The molecule has 4 heteroatoms. The van der Waals surface area contributed by atoms with Gasteiger partial charge in [-0.3, -0.25) is 4.90 Å². The van der Waals surface area contributed by atoms with Crippen LogP contribution in [0.1, 0.15) is 0 Å². The van der Waals surface area contributed by atoms with Crippen molar-refractivity contribution < 1.29 is 0 Å². The highest BCUT2D eigenvalue weighted by atomic mass is 32.1. The van der Waals surface area contributed by atoms with E-state index in [1.165, 1.54) is 15.5 Å². The summed E-state index contributed by atoms with van der Waals surface area (Å²) in [7, 11) is 0. The van der Waals surface area contributed by atoms with Crippen molar-refractivity contribution in [2.24, 2.45) is 0 Å². The number of nitrogens with zero attached hydrogens (tertiary/aromatic N) is 2. The molecule has 6 aromatic rings. The van der Waals surface area contributed by atoms with E-state index >= 15 is 0 Å². The molecule has 0 aliphatic rings. The quantitative estimate of drug-likeness (QED) is 0.341. The highest BCUT2D eigenvalue weighted by Gasteiger charge is 2.17. The third kappa shape index (κ3) is 2.69. The molecule has 6 rings (SSSR count). The van der Waals surface area contributed by atoms with Gasteiger partial charge in [-0.25, -0.2) is 4.98 Å². The lowest BCUT2D eigenvalue weighted by molar-refractivity contribution is 1.25. The zero-order valence-corrected chi connectivity index (χ0v) is 16.4. The number of hydrogen-bond acceptors (Lipinski definition) is 3. The van der Waals surface area contributed by atoms with Crippen LogP contribution in [0.5, 0.6) is 0 Å². The van der Waals surface area contributed by atoms with Gasteiger partial charge in [0.15, 0.2) is 5.13 Å². The van der Waals surface area contributed by atoms with E-state index in [9.17, 15) is 0 Å². The van der Waals surface area contributed by atoms with Gasteiger partial charge in [-0.15, -0.1) is 0 Å². The first-order chi connectivity index (χ1) is 14.4. The molecular formula is C25H17N3S. The van der Waals surface area contributed by atoms with Gasteiger partial charge in [-0.05, 0) is 42.5 Å². The second-order valence-electron chi connectivity index (χ2n) is 7.04. The zero-order valence-electron chi connectivity index (χ0n) is 15.5. The Morgan fingerprint density at radius 3 is 2.03 bits per heavy atom. The maximum atomic E-state index is 5.03. The summed E-state index contributed by atoms with van der Waals surface area (Å²) < 4.78 is 1.18. The molecule has 1 N–H and O–H groups in total. The summed E-state index contributed by atoms with van der Waals surface area (Å²) in [6.07, 6.45) is 0. The average molecular weight is 391 g/mol. The van der Waals surface area contributed by atoms with Gasteiger partial charge in [-0.2, -0.15) is 0 Å². The van der Waals surface area contributed by atoms with Crippen LogP contribution in [0.25, 0.3) is 32.0 Å². The molecule has 0 unspecified atom stereocenters. The number of hydrogen-bond donors (Lipinski definition) is 1. The number of H-pyrrole nitrogens is 1. The van der Waals surface area contributed by atoms with E-state index in [0.29, 0.717) is 0 Å². The Kier molecular flexibility index (Phi) is 3.64. The third-order valence-corrected chi connectivity index (χ3v) is 6.23. The fourth-order valence-electron chi connectivity index (χ4n) is 3.88. The predicted molar refractivity (Wildman–Crippen MR) is 124 cm³/mol. The predicted octanol–water partition coefficient (Wildman–Crippen LogP) is 7.40. The minimum absolute atomic E-state index is 0.967. The summed E-state index contributed by atoms with van der Waals surface area (Å²) in [5, 5.41) is 3.42. The highest BCUT2D eigenvalue weighted by Crippen LogP contribution is 2.40. The fraction of sp³-hybridized carbons (Fsp3) is 0. The molecule has 0 aliphatic heterocycles. The second-order valence-corrected chi connectivity index (χ2v) is 8.05. The van der Waals surface area contributed by atoms with Crippen LogP contribution in [0.2, 0.25) is 0 Å². The number of nitrogens with one attached hydrogen (secondary N) is 1. The minimum atomic E-state index is 0.967. The number of aromatic amines is 1. The number of benzene rings is 4. The molecule has 3 nitrogen and oxygen atoms in total. The zero-order chi connectivity index (χ0) is 19.2. The molecule has 138 valence electrons. The number of para-hydroxylation sites is 3. The molecule has 29 heavy (non-hydrogen) atoms. The topological polar surface area (TPSA) is 31.9 Å². The van der Waals surface area contributed by atoms with Crippen LogP contribution in [0.4, 0.5) is 16.5 Å². The molecule has 2 heterocycles. The SMILES string of the molecule is c1ccc(N(c2ccccc2)c2nc3cc4c(cc3s2)[nH]c2ccccc24)cc1. The molecule has 0 fully saturated rings. The number of fused-ring (bicyclic) bond motifs is 4. The van der Waals surface area contributed by atoms with Crippen molar-refractivity contribution in [3.63, 3.8) is 0 Å². The average Bonchev–Trinajstić information content (AvgIpc) is 3.34. The maximum Gasteiger partial charge on any atom is 0.195 e. The van der Waals surface area contributed by atoms with E-state index in [0.717, 1.165) is 33.1 Å². The number of anilines is 3. The summed E-state index contributed by atoms with van der Waals surface area (Å²) in [6.45, 7) is 0. The molecule has 0 spiro atoms. The lowest BCUT2D eigenvalue weighted by Crippen LogP contribution is -2.09. The molecule has 0 atom stereocenters. The van der Waals surface area contributed by atoms with Crippen molar-refractivity contribution in [3.05, 3.63) is 97.1 Å². The Morgan fingerprint density at radius 2 is 1.31 bits per heavy atom. The van der Waals surface area contributed by atoms with Gasteiger partial charge in [0, 0.05) is 33.2 Å². The highest BCUT2D eigenvalue weighted by molar-refractivity contribution is 7.22. The van der Waals surface area contributed by atoms with Crippen molar-refractivity contribution in [1.82, 2.24) is 9.97 Å². The van der Waals surface area contributed by atoms with E-state index in [1.807, 2.05) is 12.1 Å². The summed E-state index contributed by atoms with van der Waals surface area (Å²) in [5.74, 6) is 0. The Hall–Kier alpha value is -3.63. The van der Waals surface area contributed by atoms with E-state index in [-0.39, 0.29) is 0 Å². The Bertz CT molecular complexity index is 1410. The molecule has 0 bridgehead atoms. The van der Waals surface area contributed by atoms with Crippen molar-refractivity contribution in [2.45, 2.75) is 0 Å². The van der Waals surface area contributed by atoms with Crippen LogP contribution >= 0.6 is 11.3 Å². The smallest absolute Gasteiger partial charge is 0.195 e. The van der Waals surface area contributed by atoms with Gasteiger partial charge in [0.25, 0.3) is 0 Å². The van der Waals surface area contributed by atoms with Crippen LogP contribution in [-0.2, 0) is 0 Å². The largest absolute Gasteiger partial charge is 0.354 e. The van der Waals surface area contributed by atoms with Crippen LogP contribution in [0.3, 0.4) is 0 Å². The Balaban J connectivity index is 1.57. The van der Waals surface area contributed by atoms with Crippen LogP contribution in [0.15, 0.2) is 97.1 Å². The summed E-state index contributed by atoms with van der Waals surface area (Å²) >= 11 is 1.71. The van der Waals surface area contributed by atoms with Gasteiger partial charge in [0.2, 0.25) is 0 Å². The molecule has 0 saturated heterocycles. The molecule has 4 aromatic carbocycles. The lowest BCUT2D eigenvalue weighted by atomic mass is 10.1. The van der Waals surface area contributed by atoms with Crippen molar-refractivity contribution >= 4 is 59.9 Å². The molecule has 0 aliphatic carbocycles. The van der Waals surface area contributed by atoms with Gasteiger partial charge >= 0.3 is 0 Å². The van der Waals surface area contributed by atoms with Crippen LogP contribution in [-0.4, -0.2) is 9.97 Å². The van der Waals surface area contributed by atoms with Crippen LogP contribution in [0, 0.1) is 0 Å². The number of aromatic nitrogens is 2. The Labute approximate surface area is 171 Å². The normalized spacial score (nSPS) is 11.4. The van der Waals surface area contributed by atoms with Crippen LogP contribution < -0.4 is 4.90 Å². The van der Waals surface area contributed by atoms with Gasteiger partial charge in [0.1, 0.15) is 0 Å². The summed E-state index contributed by atoms with van der Waals surface area (Å²) in [6, 6.07) is 33.7. The maximum absolute atomic E-state index is 5.03.